The van der Waals surface area contributed by atoms with Gasteiger partial charge in [0.2, 0.25) is 0 Å². The van der Waals surface area contributed by atoms with Crippen LogP contribution in [0.15, 0.2) is 12.5 Å². The highest BCUT2D eigenvalue weighted by atomic mass is 127. The van der Waals surface area contributed by atoms with Crippen molar-refractivity contribution in [1.82, 2.24) is 9.97 Å². The van der Waals surface area contributed by atoms with Crippen LogP contribution in [0.25, 0.3) is 0 Å². The lowest BCUT2D eigenvalue weighted by Crippen LogP contribution is -2.12. The molecule has 0 saturated heterocycles. The van der Waals surface area contributed by atoms with Crippen molar-refractivity contribution in [2.24, 2.45) is 0 Å². The number of carbonyl (C=O) groups is 1. The Balaban J connectivity index is 2.32. The lowest BCUT2D eigenvalue weighted by atomic mass is 10.4. The number of ether oxygens (including phenoxy) is 1. The average molecular weight is 321 g/mol. The van der Waals surface area contributed by atoms with Gasteiger partial charge in [-0.3, -0.25) is 4.79 Å². The first-order chi connectivity index (χ1) is 7.24. The van der Waals surface area contributed by atoms with Gasteiger partial charge in [0.05, 0.1) is 16.6 Å². The maximum absolute atomic E-state index is 11.0. The second kappa shape index (κ2) is 6.54. The zero-order valence-corrected chi connectivity index (χ0v) is 10.5. The second-order valence-electron chi connectivity index (χ2n) is 2.70. The zero-order valence-electron chi connectivity index (χ0n) is 8.36. The van der Waals surface area contributed by atoms with Crippen LogP contribution in [0.4, 0.5) is 5.82 Å². The Kier molecular flexibility index (Phi) is 5.30. The molecule has 0 amide bonds. The normalized spacial score (nSPS) is 9.73. The van der Waals surface area contributed by atoms with Crippen molar-refractivity contribution in [2.45, 2.75) is 13.3 Å². The maximum Gasteiger partial charge on any atom is 0.307 e. The molecule has 1 aromatic heterocycles. The third kappa shape index (κ3) is 4.41. The van der Waals surface area contributed by atoms with Crippen LogP contribution in [-0.4, -0.2) is 29.1 Å². The molecule has 0 aromatic carbocycles. The third-order valence-electron chi connectivity index (χ3n) is 1.59. The molecule has 82 valence electrons. The van der Waals surface area contributed by atoms with E-state index >= 15 is 0 Å². The number of carbonyl (C=O) groups excluding carboxylic acids is 1. The fraction of sp³-hybridized carbons (Fsp3) is 0.444. The number of nitrogens with one attached hydrogen (secondary N) is 1. The van der Waals surface area contributed by atoms with Gasteiger partial charge < -0.3 is 10.1 Å². The number of anilines is 1. The Bertz CT molecular complexity index is 333. The summed E-state index contributed by atoms with van der Waals surface area (Å²) < 4.78 is 5.73. The minimum atomic E-state index is -0.200. The Labute approximate surface area is 102 Å². The van der Waals surface area contributed by atoms with Crippen molar-refractivity contribution >= 4 is 34.4 Å². The first-order valence-electron chi connectivity index (χ1n) is 4.59. The van der Waals surface area contributed by atoms with E-state index in [0.29, 0.717) is 19.6 Å². The monoisotopic (exact) mass is 321 g/mol. The van der Waals surface area contributed by atoms with Crippen molar-refractivity contribution in [3.63, 3.8) is 0 Å². The van der Waals surface area contributed by atoms with E-state index < -0.39 is 0 Å². The van der Waals surface area contributed by atoms with Crippen molar-refractivity contribution in [3.8, 4) is 0 Å². The molecule has 0 atom stereocenters. The molecule has 0 fully saturated rings. The summed E-state index contributed by atoms with van der Waals surface area (Å²) in [6.45, 7) is 2.73. The van der Waals surface area contributed by atoms with Gasteiger partial charge in [-0.1, -0.05) is 0 Å². The first kappa shape index (κ1) is 12.2. The summed E-state index contributed by atoms with van der Waals surface area (Å²) in [4.78, 5) is 18.9. The topological polar surface area (TPSA) is 64.1 Å². The zero-order chi connectivity index (χ0) is 11.1. The molecule has 0 saturated carbocycles. The van der Waals surface area contributed by atoms with Gasteiger partial charge in [-0.05, 0) is 29.5 Å². The number of aromatic nitrogens is 2. The molecular formula is C9H12IN3O2. The van der Waals surface area contributed by atoms with Crippen molar-refractivity contribution in [3.05, 3.63) is 16.1 Å². The molecule has 6 heteroatoms. The summed E-state index contributed by atoms with van der Waals surface area (Å²) in [7, 11) is 0. The van der Waals surface area contributed by atoms with Gasteiger partial charge >= 0.3 is 5.97 Å². The maximum atomic E-state index is 11.0. The van der Waals surface area contributed by atoms with Crippen LogP contribution in [0, 0.1) is 3.57 Å². The number of hydrogen-bond donors (Lipinski definition) is 1. The van der Waals surface area contributed by atoms with E-state index in [4.69, 9.17) is 4.74 Å². The van der Waals surface area contributed by atoms with Gasteiger partial charge in [-0.25, -0.2) is 9.97 Å². The van der Waals surface area contributed by atoms with Gasteiger partial charge in [0.25, 0.3) is 0 Å². The second-order valence-corrected chi connectivity index (χ2v) is 3.86. The largest absolute Gasteiger partial charge is 0.466 e. The number of hydrogen-bond acceptors (Lipinski definition) is 5. The predicted octanol–water partition coefficient (Wildman–Crippen LogP) is 1.45. The standard InChI is InChI=1S/C9H12IN3O2/c1-2-15-8(14)3-4-12-9-7(10)5-11-6-13-9/h5-6H,2-4H2,1H3,(H,11,12,13). The Morgan fingerprint density at radius 2 is 2.47 bits per heavy atom. The highest BCUT2D eigenvalue weighted by Crippen LogP contribution is 2.11. The minimum Gasteiger partial charge on any atom is -0.466 e. The quantitative estimate of drug-likeness (QED) is 0.657. The van der Waals surface area contributed by atoms with E-state index in [0.717, 1.165) is 9.39 Å². The van der Waals surface area contributed by atoms with Gasteiger partial charge in [-0.2, -0.15) is 0 Å². The van der Waals surface area contributed by atoms with Gasteiger partial charge in [0, 0.05) is 12.7 Å². The van der Waals surface area contributed by atoms with Crippen LogP contribution in [0.1, 0.15) is 13.3 Å². The van der Waals surface area contributed by atoms with Crippen molar-refractivity contribution in [1.29, 1.82) is 0 Å². The van der Waals surface area contributed by atoms with Crippen molar-refractivity contribution < 1.29 is 9.53 Å². The number of esters is 1. The SMILES string of the molecule is CCOC(=O)CCNc1ncncc1I. The number of nitrogens with zero attached hydrogens (tertiary/aromatic N) is 2. The van der Waals surface area contributed by atoms with E-state index in [-0.39, 0.29) is 5.97 Å². The van der Waals surface area contributed by atoms with E-state index in [2.05, 4.69) is 37.9 Å². The van der Waals surface area contributed by atoms with E-state index in [1.807, 2.05) is 0 Å². The summed E-state index contributed by atoms with van der Waals surface area (Å²) in [5, 5.41) is 3.04. The smallest absolute Gasteiger partial charge is 0.307 e. The third-order valence-corrected chi connectivity index (χ3v) is 2.38. The minimum absolute atomic E-state index is 0.200. The van der Waals surface area contributed by atoms with E-state index in [1.165, 1.54) is 6.33 Å². The summed E-state index contributed by atoms with van der Waals surface area (Å²) in [6, 6.07) is 0. The average Bonchev–Trinajstić information content (AvgIpc) is 2.21. The summed E-state index contributed by atoms with van der Waals surface area (Å²) in [5.74, 6) is 0.545. The molecular weight excluding hydrogens is 309 g/mol. The van der Waals surface area contributed by atoms with Crippen LogP contribution in [0.3, 0.4) is 0 Å². The van der Waals surface area contributed by atoms with E-state index in [1.54, 1.807) is 13.1 Å². The molecule has 0 aliphatic carbocycles. The fourth-order valence-corrected chi connectivity index (χ4v) is 1.45. The van der Waals surface area contributed by atoms with Crippen LogP contribution in [0.5, 0.6) is 0 Å². The molecule has 1 aromatic rings. The molecule has 1 rings (SSSR count). The Morgan fingerprint density at radius 1 is 1.67 bits per heavy atom. The van der Waals surface area contributed by atoms with Crippen LogP contribution < -0.4 is 5.32 Å². The highest BCUT2D eigenvalue weighted by Gasteiger charge is 2.03. The van der Waals surface area contributed by atoms with Crippen LogP contribution in [-0.2, 0) is 9.53 Å². The van der Waals surface area contributed by atoms with Crippen molar-refractivity contribution in [2.75, 3.05) is 18.5 Å². The summed E-state index contributed by atoms with van der Waals surface area (Å²) in [6.07, 6.45) is 3.52. The molecule has 5 nitrogen and oxygen atoms in total. The van der Waals surface area contributed by atoms with Crippen LogP contribution >= 0.6 is 22.6 Å². The Morgan fingerprint density at radius 3 is 3.13 bits per heavy atom. The molecule has 0 bridgehead atoms. The lowest BCUT2D eigenvalue weighted by Gasteiger charge is -2.06. The number of rotatable bonds is 5. The molecule has 1 heterocycles. The van der Waals surface area contributed by atoms with Gasteiger partial charge in [0.15, 0.2) is 0 Å². The molecule has 1 N–H and O–H groups in total. The molecule has 0 unspecified atom stereocenters. The number of halogens is 1. The van der Waals surface area contributed by atoms with E-state index in [9.17, 15) is 4.79 Å². The van der Waals surface area contributed by atoms with Crippen LogP contribution in [0.2, 0.25) is 0 Å². The molecule has 15 heavy (non-hydrogen) atoms. The molecule has 0 radical (unpaired) electrons. The fourth-order valence-electron chi connectivity index (χ4n) is 0.959. The highest BCUT2D eigenvalue weighted by molar-refractivity contribution is 14.1. The molecule has 0 aliphatic heterocycles. The first-order valence-corrected chi connectivity index (χ1v) is 5.67. The van der Waals surface area contributed by atoms with Gasteiger partial charge in [0.1, 0.15) is 12.1 Å². The summed E-state index contributed by atoms with van der Waals surface area (Å²) >= 11 is 2.13. The summed E-state index contributed by atoms with van der Waals surface area (Å²) in [5.41, 5.74) is 0. The molecule has 0 aliphatic rings. The lowest BCUT2D eigenvalue weighted by molar-refractivity contribution is -0.142. The predicted molar refractivity (Wildman–Crippen MR) is 64.5 cm³/mol. The van der Waals surface area contributed by atoms with Gasteiger partial charge in [-0.15, -0.1) is 0 Å². The Hall–Kier alpha value is -0.920. The molecule has 0 spiro atoms.